The number of nitrogen functional groups attached to an aromatic ring is 1. The first-order chi connectivity index (χ1) is 9.87. The first kappa shape index (κ1) is 15.6. The number of carboxylic acids is 1. The van der Waals surface area contributed by atoms with Gasteiger partial charge in [0.15, 0.2) is 0 Å². The highest BCUT2D eigenvalue weighted by atomic mass is 19.1. The number of carbonyl (C=O) groups is 1. The predicted molar refractivity (Wildman–Crippen MR) is 81.1 cm³/mol. The molecule has 0 atom stereocenters. The Morgan fingerprint density at radius 1 is 1.43 bits per heavy atom. The molecule has 116 valence electrons. The van der Waals surface area contributed by atoms with Crippen LogP contribution in [-0.2, 0) is 0 Å². The molecule has 1 aliphatic carbocycles. The Balaban J connectivity index is 2.24. The van der Waals surface area contributed by atoms with Crippen molar-refractivity contribution >= 4 is 17.3 Å². The van der Waals surface area contributed by atoms with Crippen molar-refractivity contribution in [3.63, 3.8) is 0 Å². The third-order valence-corrected chi connectivity index (χ3v) is 4.50. The molecule has 0 radical (unpaired) electrons. The van der Waals surface area contributed by atoms with E-state index in [1.807, 2.05) is 14.1 Å². The molecule has 1 fully saturated rings. The van der Waals surface area contributed by atoms with Crippen LogP contribution in [0.4, 0.5) is 15.8 Å². The van der Waals surface area contributed by atoms with Crippen LogP contribution in [0, 0.1) is 5.82 Å². The van der Waals surface area contributed by atoms with Crippen LogP contribution in [-0.4, -0.2) is 42.2 Å². The molecule has 1 aromatic carbocycles. The number of rotatable bonds is 5. The van der Waals surface area contributed by atoms with Gasteiger partial charge in [-0.05, 0) is 39.1 Å². The molecule has 0 aliphatic heterocycles. The first-order valence-electron chi connectivity index (χ1n) is 7.10. The fourth-order valence-electron chi connectivity index (χ4n) is 3.05. The Morgan fingerprint density at radius 3 is 2.57 bits per heavy atom. The maximum atomic E-state index is 13.4. The van der Waals surface area contributed by atoms with Crippen molar-refractivity contribution < 1.29 is 14.3 Å². The lowest BCUT2D eigenvalue weighted by Crippen LogP contribution is -2.47. The number of hydrogen-bond acceptors (Lipinski definition) is 4. The zero-order chi connectivity index (χ0) is 15.6. The Bertz CT molecular complexity index is 540. The number of nitrogens with zero attached hydrogens (tertiary/aromatic N) is 1. The summed E-state index contributed by atoms with van der Waals surface area (Å²) in [7, 11) is 4.06. The second kappa shape index (κ2) is 5.89. The summed E-state index contributed by atoms with van der Waals surface area (Å²) in [6.07, 6.45) is 4.45. The van der Waals surface area contributed by atoms with E-state index >= 15 is 0 Å². The maximum Gasteiger partial charge on any atom is 0.340 e. The van der Waals surface area contributed by atoms with Crippen LogP contribution in [0.25, 0.3) is 0 Å². The van der Waals surface area contributed by atoms with Crippen LogP contribution in [0.3, 0.4) is 0 Å². The summed E-state index contributed by atoms with van der Waals surface area (Å²) in [6, 6.07) is 2.63. The minimum atomic E-state index is -1.22. The zero-order valence-corrected chi connectivity index (χ0v) is 12.4. The highest BCUT2D eigenvalue weighted by molar-refractivity contribution is 6.00. The van der Waals surface area contributed by atoms with E-state index in [9.17, 15) is 14.3 Å². The normalized spacial score (nSPS) is 17.1. The third-order valence-electron chi connectivity index (χ3n) is 4.50. The fourth-order valence-corrected chi connectivity index (χ4v) is 3.05. The molecule has 5 nitrogen and oxygen atoms in total. The van der Waals surface area contributed by atoms with Crippen molar-refractivity contribution in [2.75, 3.05) is 31.7 Å². The number of likely N-dealkylation sites (N-methyl/N-ethyl adjacent to an activating group) is 1. The lowest BCUT2D eigenvalue weighted by molar-refractivity contribution is 0.0698. The number of halogens is 1. The smallest absolute Gasteiger partial charge is 0.340 e. The molecule has 21 heavy (non-hydrogen) atoms. The van der Waals surface area contributed by atoms with E-state index in [1.54, 1.807) is 0 Å². The van der Waals surface area contributed by atoms with Crippen molar-refractivity contribution in [3.8, 4) is 0 Å². The molecule has 1 aromatic rings. The molecule has 2 rings (SSSR count). The number of nitrogens with one attached hydrogen (secondary N) is 1. The van der Waals surface area contributed by atoms with Gasteiger partial charge in [0.25, 0.3) is 0 Å². The Hall–Kier alpha value is -1.82. The minimum absolute atomic E-state index is 0.0128. The van der Waals surface area contributed by atoms with Gasteiger partial charge in [0.05, 0.1) is 11.4 Å². The molecular formula is C15H22FN3O2. The second-order valence-electron chi connectivity index (χ2n) is 5.87. The van der Waals surface area contributed by atoms with E-state index in [4.69, 9.17) is 5.73 Å². The van der Waals surface area contributed by atoms with Crippen molar-refractivity contribution in [2.45, 2.75) is 31.2 Å². The SMILES string of the molecule is CN(C)C1(CNc2ccc(F)c(N)c2C(=O)O)CCCC1. The van der Waals surface area contributed by atoms with Crippen LogP contribution >= 0.6 is 0 Å². The molecule has 1 aliphatic rings. The number of benzene rings is 1. The molecule has 0 spiro atoms. The summed E-state index contributed by atoms with van der Waals surface area (Å²) in [6.45, 7) is 0.616. The number of hydrogen-bond donors (Lipinski definition) is 3. The summed E-state index contributed by atoms with van der Waals surface area (Å²) >= 11 is 0. The van der Waals surface area contributed by atoms with Crippen molar-refractivity contribution in [2.24, 2.45) is 0 Å². The molecule has 0 aromatic heterocycles. The summed E-state index contributed by atoms with van der Waals surface area (Å²) < 4.78 is 13.4. The second-order valence-corrected chi connectivity index (χ2v) is 5.87. The lowest BCUT2D eigenvalue weighted by atomic mass is 9.95. The number of carboxylic acid groups (broad SMARTS) is 1. The van der Waals surface area contributed by atoms with E-state index < -0.39 is 11.8 Å². The van der Waals surface area contributed by atoms with Crippen molar-refractivity contribution in [1.29, 1.82) is 0 Å². The average Bonchev–Trinajstić information content (AvgIpc) is 2.89. The van der Waals surface area contributed by atoms with Gasteiger partial charge >= 0.3 is 5.97 Å². The maximum absolute atomic E-state index is 13.4. The molecule has 0 saturated heterocycles. The lowest BCUT2D eigenvalue weighted by Gasteiger charge is -2.37. The standard InChI is InChI=1S/C15H22FN3O2/c1-19(2)15(7-3-4-8-15)9-18-11-6-5-10(16)13(17)12(11)14(20)21/h5-6,18H,3-4,7-9,17H2,1-2H3,(H,20,21). The van der Waals surface area contributed by atoms with Gasteiger partial charge < -0.3 is 21.1 Å². The van der Waals surface area contributed by atoms with E-state index in [0.717, 1.165) is 25.7 Å². The highest BCUT2D eigenvalue weighted by Gasteiger charge is 2.36. The number of nitrogens with two attached hydrogens (primary N) is 1. The average molecular weight is 295 g/mol. The first-order valence-corrected chi connectivity index (χ1v) is 7.10. The van der Waals surface area contributed by atoms with Crippen molar-refractivity contribution in [1.82, 2.24) is 4.90 Å². The molecule has 4 N–H and O–H groups in total. The molecule has 1 saturated carbocycles. The fraction of sp³-hybridized carbons (Fsp3) is 0.533. The van der Waals surface area contributed by atoms with Gasteiger partial charge in [-0.3, -0.25) is 0 Å². The van der Waals surface area contributed by atoms with E-state index in [2.05, 4.69) is 10.2 Å². The van der Waals surface area contributed by atoms with Crippen LogP contribution < -0.4 is 11.1 Å². The zero-order valence-electron chi connectivity index (χ0n) is 12.4. The molecule has 6 heteroatoms. The minimum Gasteiger partial charge on any atom is -0.478 e. The van der Waals surface area contributed by atoms with Gasteiger partial charge in [0, 0.05) is 12.1 Å². The molecule has 0 heterocycles. The van der Waals surface area contributed by atoms with Gasteiger partial charge in [-0.1, -0.05) is 12.8 Å². The van der Waals surface area contributed by atoms with Crippen LogP contribution in [0.15, 0.2) is 12.1 Å². The summed E-state index contributed by atoms with van der Waals surface area (Å²) in [4.78, 5) is 13.5. The van der Waals surface area contributed by atoms with Crippen LogP contribution in [0.1, 0.15) is 36.0 Å². The topological polar surface area (TPSA) is 78.6 Å². The van der Waals surface area contributed by atoms with Gasteiger partial charge in [0.1, 0.15) is 11.4 Å². The van der Waals surface area contributed by atoms with Gasteiger partial charge in [-0.2, -0.15) is 0 Å². The van der Waals surface area contributed by atoms with Crippen LogP contribution in [0.2, 0.25) is 0 Å². The molecule has 0 bridgehead atoms. The Kier molecular flexibility index (Phi) is 4.37. The monoisotopic (exact) mass is 295 g/mol. The quantitative estimate of drug-likeness (QED) is 0.727. The Morgan fingerprint density at radius 2 is 2.05 bits per heavy atom. The summed E-state index contributed by atoms with van der Waals surface area (Å²) in [5.41, 5.74) is 5.42. The van der Waals surface area contributed by atoms with Gasteiger partial charge in [-0.25, -0.2) is 9.18 Å². The predicted octanol–water partition coefficient (Wildman–Crippen LogP) is 2.39. The molecule has 0 unspecified atom stereocenters. The largest absolute Gasteiger partial charge is 0.478 e. The van der Waals surface area contributed by atoms with Crippen LogP contribution in [0.5, 0.6) is 0 Å². The highest BCUT2D eigenvalue weighted by Crippen LogP contribution is 2.34. The Labute approximate surface area is 123 Å². The molecular weight excluding hydrogens is 273 g/mol. The molecule has 0 amide bonds. The number of anilines is 2. The number of aromatic carboxylic acids is 1. The van der Waals surface area contributed by atoms with E-state index in [0.29, 0.717) is 12.2 Å². The summed E-state index contributed by atoms with van der Waals surface area (Å²) in [5, 5.41) is 12.4. The van der Waals surface area contributed by atoms with E-state index in [-0.39, 0.29) is 16.8 Å². The van der Waals surface area contributed by atoms with Crippen molar-refractivity contribution in [3.05, 3.63) is 23.5 Å². The van der Waals surface area contributed by atoms with E-state index in [1.165, 1.54) is 12.1 Å². The summed E-state index contributed by atoms with van der Waals surface area (Å²) in [5.74, 6) is -1.93. The third kappa shape index (κ3) is 2.95. The van der Waals surface area contributed by atoms with Gasteiger partial charge in [0.2, 0.25) is 0 Å². The van der Waals surface area contributed by atoms with Gasteiger partial charge in [-0.15, -0.1) is 0 Å².